The van der Waals surface area contributed by atoms with Crippen molar-refractivity contribution in [1.29, 1.82) is 0 Å². The van der Waals surface area contributed by atoms with Crippen LogP contribution >= 0.6 is 0 Å². The Morgan fingerprint density at radius 3 is 2.85 bits per heavy atom. The Kier molecular flexibility index (Phi) is 3.77. The number of nitrogens with one attached hydrogen (secondary N) is 1. The van der Waals surface area contributed by atoms with Gasteiger partial charge in [0, 0.05) is 12.2 Å². The van der Waals surface area contributed by atoms with E-state index in [1.807, 2.05) is 12.1 Å². The van der Waals surface area contributed by atoms with Crippen LogP contribution < -0.4 is 5.32 Å². The summed E-state index contributed by atoms with van der Waals surface area (Å²) in [5, 5.41) is 12.2. The fourth-order valence-electron chi connectivity index (χ4n) is 1.17. The Morgan fingerprint density at radius 1 is 1.46 bits per heavy atom. The van der Waals surface area contributed by atoms with Crippen LogP contribution in [0.2, 0.25) is 0 Å². The third kappa shape index (κ3) is 3.47. The largest absolute Gasteiger partial charge is 0.392 e. The number of hydrogen-bond donors (Lipinski definition) is 2. The highest BCUT2D eigenvalue weighted by atomic mass is 16.3. The molecule has 0 bridgehead atoms. The minimum atomic E-state index is -0.301. The smallest absolute Gasteiger partial charge is 0.0684 e. The second-order valence-corrected chi connectivity index (χ2v) is 3.28. The molecule has 2 N–H and O–H groups in total. The van der Waals surface area contributed by atoms with Gasteiger partial charge in [-0.1, -0.05) is 19.1 Å². The van der Waals surface area contributed by atoms with E-state index in [-0.39, 0.29) is 6.10 Å². The molecule has 1 aromatic rings. The summed E-state index contributed by atoms with van der Waals surface area (Å²) in [6.45, 7) is 4.51. The molecule has 0 unspecified atom stereocenters. The van der Waals surface area contributed by atoms with E-state index in [0.29, 0.717) is 6.54 Å². The number of benzene rings is 1. The first kappa shape index (κ1) is 10.1. The standard InChI is InChI=1S/C11H17NO/c1-3-10-5-4-6-11(7-10)12-8-9(2)13/h4-7,9,12-13H,3,8H2,1-2H3/t9-/m0/s1. The monoisotopic (exact) mass is 179 g/mol. The molecule has 2 nitrogen and oxygen atoms in total. The van der Waals surface area contributed by atoms with Crippen molar-refractivity contribution in [2.24, 2.45) is 0 Å². The van der Waals surface area contributed by atoms with Gasteiger partial charge in [0.05, 0.1) is 6.10 Å². The summed E-state index contributed by atoms with van der Waals surface area (Å²) in [7, 11) is 0. The molecule has 72 valence electrons. The molecule has 1 atom stereocenters. The molecule has 2 heteroatoms. The second kappa shape index (κ2) is 4.87. The van der Waals surface area contributed by atoms with Crippen molar-refractivity contribution in [3.63, 3.8) is 0 Å². The number of aliphatic hydroxyl groups is 1. The summed E-state index contributed by atoms with van der Waals surface area (Å²) in [4.78, 5) is 0. The lowest BCUT2D eigenvalue weighted by molar-refractivity contribution is 0.208. The van der Waals surface area contributed by atoms with Gasteiger partial charge in [0.1, 0.15) is 0 Å². The summed E-state index contributed by atoms with van der Waals surface area (Å²) in [6.07, 6.45) is 0.745. The molecular weight excluding hydrogens is 162 g/mol. The Morgan fingerprint density at radius 2 is 2.23 bits per heavy atom. The molecule has 0 heterocycles. The normalized spacial score (nSPS) is 12.5. The Labute approximate surface area is 79.6 Å². The minimum Gasteiger partial charge on any atom is -0.392 e. The van der Waals surface area contributed by atoms with Crippen molar-refractivity contribution in [1.82, 2.24) is 0 Å². The van der Waals surface area contributed by atoms with Gasteiger partial charge in [-0.05, 0) is 31.0 Å². The highest BCUT2D eigenvalue weighted by Gasteiger charge is 1.96. The fourth-order valence-corrected chi connectivity index (χ4v) is 1.17. The number of aliphatic hydroxyl groups excluding tert-OH is 1. The summed E-state index contributed by atoms with van der Waals surface area (Å²) < 4.78 is 0. The zero-order chi connectivity index (χ0) is 9.68. The van der Waals surface area contributed by atoms with Crippen molar-refractivity contribution in [2.45, 2.75) is 26.4 Å². The van der Waals surface area contributed by atoms with Crippen molar-refractivity contribution in [2.75, 3.05) is 11.9 Å². The molecule has 13 heavy (non-hydrogen) atoms. The van der Waals surface area contributed by atoms with E-state index >= 15 is 0 Å². The predicted octanol–water partition coefficient (Wildman–Crippen LogP) is 2.04. The van der Waals surface area contributed by atoms with Crippen LogP contribution in [0.1, 0.15) is 19.4 Å². The molecule has 0 saturated heterocycles. The SMILES string of the molecule is CCc1cccc(NC[C@H](C)O)c1. The lowest BCUT2D eigenvalue weighted by atomic mass is 10.1. The fraction of sp³-hybridized carbons (Fsp3) is 0.455. The van der Waals surface area contributed by atoms with Gasteiger partial charge in [-0.3, -0.25) is 0 Å². The van der Waals surface area contributed by atoms with Crippen molar-refractivity contribution in [3.05, 3.63) is 29.8 Å². The molecule has 0 aliphatic heterocycles. The first-order chi connectivity index (χ1) is 6.22. The molecule has 0 radical (unpaired) electrons. The molecule has 0 aliphatic rings. The van der Waals surface area contributed by atoms with Crippen molar-refractivity contribution < 1.29 is 5.11 Å². The van der Waals surface area contributed by atoms with Gasteiger partial charge in [-0.25, -0.2) is 0 Å². The summed E-state index contributed by atoms with van der Waals surface area (Å²) in [5.74, 6) is 0. The lowest BCUT2D eigenvalue weighted by Crippen LogP contribution is -2.15. The maximum atomic E-state index is 9.08. The van der Waals surface area contributed by atoms with Gasteiger partial charge < -0.3 is 10.4 Å². The van der Waals surface area contributed by atoms with Gasteiger partial charge in [-0.2, -0.15) is 0 Å². The molecular formula is C11H17NO. The van der Waals surface area contributed by atoms with E-state index in [9.17, 15) is 0 Å². The average molecular weight is 179 g/mol. The molecule has 0 aromatic heterocycles. The van der Waals surface area contributed by atoms with E-state index in [2.05, 4.69) is 24.4 Å². The van der Waals surface area contributed by atoms with E-state index in [1.165, 1.54) is 5.56 Å². The van der Waals surface area contributed by atoms with Crippen LogP contribution in [0.25, 0.3) is 0 Å². The van der Waals surface area contributed by atoms with Crippen LogP contribution in [0.15, 0.2) is 24.3 Å². The lowest BCUT2D eigenvalue weighted by Gasteiger charge is -2.09. The quantitative estimate of drug-likeness (QED) is 0.741. The first-order valence-electron chi connectivity index (χ1n) is 4.73. The van der Waals surface area contributed by atoms with Crippen molar-refractivity contribution in [3.8, 4) is 0 Å². The van der Waals surface area contributed by atoms with Crippen LogP contribution in [0.5, 0.6) is 0 Å². The second-order valence-electron chi connectivity index (χ2n) is 3.28. The molecule has 0 fully saturated rings. The van der Waals surface area contributed by atoms with Crippen LogP contribution in [0, 0.1) is 0 Å². The number of aryl methyl sites for hydroxylation is 1. The maximum Gasteiger partial charge on any atom is 0.0684 e. The Bertz CT molecular complexity index is 258. The Balaban J connectivity index is 2.56. The van der Waals surface area contributed by atoms with E-state index in [4.69, 9.17) is 5.11 Å². The molecule has 1 aromatic carbocycles. The van der Waals surface area contributed by atoms with Crippen LogP contribution in [0.3, 0.4) is 0 Å². The molecule has 1 rings (SSSR count). The van der Waals surface area contributed by atoms with Gasteiger partial charge in [-0.15, -0.1) is 0 Å². The van der Waals surface area contributed by atoms with Crippen LogP contribution in [-0.2, 0) is 6.42 Å². The third-order valence-corrected chi connectivity index (χ3v) is 1.94. The summed E-state index contributed by atoms with van der Waals surface area (Å²) >= 11 is 0. The average Bonchev–Trinajstić information content (AvgIpc) is 2.15. The van der Waals surface area contributed by atoms with Crippen LogP contribution in [-0.4, -0.2) is 17.8 Å². The van der Waals surface area contributed by atoms with E-state index in [0.717, 1.165) is 12.1 Å². The van der Waals surface area contributed by atoms with Gasteiger partial charge >= 0.3 is 0 Å². The first-order valence-corrected chi connectivity index (χ1v) is 4.73. The molecule has 0 saturated carbocycles. The Hall–Kier alpha value is -1.02. The van der Waals surface area contributed by atoms with Crippen molar-refractivity contribution >= 4 is 5.69 Å². The highest BCUT2D eigenvalue weighted by molar-refractivity contribution is 5.45. The topological polar surface area (TPSA) is 32.3 Å². The molecule has 0 spiro atoms. The van der Waals surface area contributed by atoms with Gasteiger partial charge in [0.2, 0.25) is 0 Å². The van der Waals surface area contributed by atoms with E-state index in [1.54, 1.807) is 6.92 Å². The number of hydrogen-bond acceptors (Lipinski definition) is 2. The number of rotatable bonds is 4. The zero-order valence-corrected chi connectivity index (χ0v) is 8.25. The summed E-state index contributed by atoms with van der Waals surface area (Å²) in [6, 6.07) is 8.26. The van der Waals surface area contributed by atoms with E-state index < -0.39 is 0 Å². The predicted molar refractivity (Wildman–Crippen MR) is 56.0 cm³/mol. The molecule has 0 aliphatic carbocycles. The van der Waals surface area contributed by atoms with Crippen LogP contribution in [0.4, 0.5) is 5.69 Å². The summed E-state index contributed by atoms with van der Waals surface area (Å²) in [5.41, 5.74) is 2.40. The van der Waals surface area contributed by atoms with Gasteiger partial charge in [0.15, 0.2) is 0 Å². The minimum absolute atomic E-state index is 0.301. The highest BCUT2D eigenvalue weighted by Crippen LogP contribution is 2.10. The number of anilines is 1. The van der Waals surface area contributed by atoms with Gasteiger partial charge in [0.25, 0.3) is 0 Å². The zero-order valence-electron chi connectivity index (χ0n) is 8.25. The maximum absolute atomic E-state index is 9.08. The third-order valence-electron chi connectivity index (χ3n) is 1.94. The molecule has 0 amide bonds.